The predicted molar refractivity (Wildman–Crippen MR) is 64.4 cm³/mol. The normalized spacial score (nSPS) is 10.5. The molecule has 0 aliphatic rings. The molecule has 86 valence electrons. The number of carbonyl (C=O) groups is 1. The SMILES string of the molecule is CC(O)CC#CC#Cc1ccc(C(=O)O)cc1. The fourth-order valence-electron chi connectivity index (χ4n) is 1.04. The molecule has 0 saturated heterocycles. The van der Waals surface area contributed by atoms with Crippen LogP contribution in [0.5, 0.6) is 0 Å². The number of aliphatic hydroxyl groups excluding tert-OH is 1. The third-order valence-corrected chi connectivity index (χ3v) is 1.89. The van der Waals surface area contributed by atoms with Gasteiger partial charge in [-0.05, 0) is 43.0 Å². The zero-order valence-corrected chi connectivity index (χ0v) is 9.40. The van der Waals surface area contributed by atoms with Gasteiger partial charge in [-0.1, -0.05) is 11.8 Å². The van der Waals surface area contributed by atoms with E-state index in [1.165, 1.54) is 12.1 Å². The molecule has 1 aromatic carbocycles. The van der Waals surface area contributed by atoms with E-state index in [2.05, 4.69) is 23.7 Å². The molecule has 0 aliphatic carbocycles. The molecule has 0 spiro atoms. The quantitative estimate of drug-likeness (QED) is 0.754. The van der Waals surface area contributed by atoms with Gasteiger partial charge in [0.25, 0.3) is 0 Å². The fourth-order valence-corrected chi connectivity index (χ4v) is 1.04. The largest absolute Gasteiger partial charge is 0.478 e. The molecule has 1 atom stereocenters. The molecular formula is C14H12O3. The molecule has 0 fully saturated rings. The predicted octanol–water partition coefficient (Wildman–Crippen LogP) is 1.51. The highest BCUT2D eigenvalue weighted by molar-refractivity contribution is 5.87. The van der Waals surface area contributed by atoms with E-state index in [0.29, 0.717) is 12.0 Å². The number of hydrogen-bond donors (Lipinski definition) is 2. The minimum absolute atomic E-state index is 0.232. The maximum atomic E-state index is 10.6. The molecule has 0 aliphatic heterocycles. The van der Waals surface area contributed by atoms with Crippen LogP contribution in [0.1, 0.15) is 29.3 Å². The first-order chi connectivity index (χ1) is 8.09. The molecule has 1 unspecified atom stereocenters. The molecule has 0 aromatic heterocycles. The number of carboxylic acids is 1. The Balaban J connectivity index is 2.66. The van der Waals surface area contributed by atoms with Crippen molar-refractivity contribution >= 4 is 5.97 Å². The Kier molecular flexibility index (Phi) is 4.81. The molecule has 0 amide bonds. The summed E-state index contributed by atoms with van der Waals surface area (Å²) in [6.45, 7) is 1.66. The van der Waals surface area contributed by atoms with Crippen LogP contribution < -0.4 is 0 Å². The number of carboxylic acid groups (broad SMARTS) is 1. The summed E-state index contributed by atoms with van der Waals surface area (Å²) in [7, 11) is 0. The second-order valence-electron chi connectivity index (χ2n) is 3.49. The lowest BCUT2D eigenvalue weighted by atomic mass is 10.1. The summed E-state index contributed by atoms with van der Waals surface area (Å²) in [6, 6.07) is 6.25. The van der Waals surface area contributed by atoms with Gasteiger partial charge in [-0.25, -0.2) is 4.79 Å². The maximum Gasteiger partial charge on any atom is 0.335 e. The number of hydrogen-bond acceptors (Lipinski definition) is 2. The van der Waals surface area contributed by atoms with Crippen molar-refractivity contribution in [3.8, 4) is 23.7 Å². The van der Waals surface area contributed by atoms with E-state index in [1.807, 2.05) is 0 Å². The number of benzene rings is 1. The minimum atomic E-state index is -0.957. The van der Waals surface area contributed by atoms with Crippen LogP contribution in [0.15, 0.2) is 24.3 Å². The molecule has 0 saturated carbocycles. The van der Waals surface area contributed by atoms with Crippen LogP contribution in [-0.4, -0.2) is 22.3 Å². The fraction of sp³-hybridized carbons (Fsp3) is 0.214. The van der Waals surface area contributed by atoms with Crippen LogP contribution in [0.3, 0.4) is 0 Å². The van der Waals surface area contributed by atoms with Crippen molar-refractivity contribution in [3.63, 3.8) is 0 Å². The standard InChI is InChI=1S/C14H12O3/c1-11(15)5-3-2-4-6-12-7-9-13(10-8-12)14(16)17/h7-11,15H,5H2,1H3,(H,16,17). The molecule has 17 heavy (non-hydrogen) atoms. The first kappa shape index (κ1) is 12.8. The monoisotopic (exact) mass is 228 g/mol. The summed E-state index contributed by atoms with van der Waals surface area (Å²) in [5, 5.41) is 17.6. The van der Waals surface area contributed by atoms with Crippen molar-refractivity contribution < 1.29 is 15.0 Å². The van der Waals surface area contributed by atoms with Crippen molar-refractivity contribution in [2.75, 3.05) is 0 Å². The van der Waals surface area contributed by atoms with E-state index in [4.69, 9.17) is 10.2 Å². The van der Waals surface area contributed by atoms with Crippen LogP contribution in [-0.2, 0) is 0 Å². The van der Waals surface area contributed by atoms with Crippen LogP contribution in [0.4, 0.5) is 0 Å². The lowest BCUT2D eigenvalue weighted by molar-refractivity contribution is 0.0697. The van der Waals surface area contributed by atoms with Crippen molar-refractivity contribution in [1.82, 2.24) is 0 Å². The lowest BCUT2D eigenvalue weighted by Crippen LogP contribution is -1.95. The molecule has 3 heteroatoms. The Morgan fingerprint density at radius 3 is 2.47 bits per heavy atom. The number of aliphatic hydroxyl groups is 1. The third kappa shape index (κ3) is 4.88. The zero-order chi connectivity index (χ0) is 12.7. The van der Waals surface area contributed by atoms with Gasteiger partial charge < -0.3 is 10.2 Å². The van der Waals surface area contributed by atoms with Crippen molar-refractivity contribution in [3.05, 3.63) is 35.4 Å². The average molecular weight is 228 g/mol. The highest BCUT2D eigenvalue weighted by atomic mass is 16.4. The van der Waals surface area contributed by atoms with E-state index in [-0.39, 0.29) is 5.56 Å². The zero-order valence-electron chi connectivity index (χ0n) is 9.40. The summed E-state index contributed by atoms with van der Waals surface area (Å²) in [5.41, 5.74) is 0.942. The van der Waals surface area contributed by atoms with Crippen molar-refractivity contribution in [2.24, 2.45) is 0 Å². The summed E-state index contributed by atoms with van der Waals surface area (Å²) in [5.74, 6) is 9.80. The summed E-state index contributed by atoms with van der Waals surface area (Å²) >= 11 is 0. The Morgan fingerprint density at radius 2 is 1.94 bits per heavy atom. The molecule has 0 bridgehead atoms. The second-order valence-corrected chi connectivity index (χ2v) is 3.49. The van der Waals surface area contributed by atoms with E-state index in [0.717, 1.165) is 0 Å². The number of rotatable bonds is 2. The molecular weight excluding hydrogens is 216 g/mol. The maximum absolute atomic E-state index is 10.6. The molecule has 1 aromatic rings. The van der Waals surface area contributed by atoms with Gasteiger partial charge in [-0.2, -0.15) is 0 Å². The van der Waals surface area contributed by atoms with E-state index >= 15 is 0 Å². The summed E-state index contributed by atoms with van der Waals surface area (Å²) in [6.07, 6.45) is -0.0498. The molecule has 0 radical (unpaired) electrons. The van der Waals surface area contributed by atoms with Gasteiger partial charge in [0.05, 0.1) is 11.7 Å². The Labute approximate surface area is 100 Å². The highest BCUT2D eigenvalue weighted by Crippen LogP contribution is 2.02. The van der Waals surface area contributed by atoms with Gasteiger partial charge in [0.1, 0.15) is 0 Å². The van der Waals surface area contributed by atoms with Crippen molar-refractivity contribution in [1.29, 1.82) is 0 Å². The van der Waals surface area contributed by atoms with Gasteiger partial charge in [0, 0.05) is 12.0 Å². The van der Waals surface area contributed by atoms with Gasteiger partial charge in [-0.3, -0.25) is 0 Å². The minimum Gasteiger partial charge on any atom is -0.478 e. The van der Waals surface area contributed by atoms with E-state index < -0.39 is 12.1 Å². The number of aromatic carboxylic acids is 1. The Morgan fingerprint density at radius 1 is 1.29 bits per heavy atom. The van der Waals surface area contributed by atoms with E-state index in [1.54, 1.807) is 19.1 Å². The first-order valence-electron chi connectivity index (χ1n) is 5.10. The van der Waals surface area contributed by atoms with Gasteiger partial charge >= 0.3 is 5.97 Å². The average Bonchev–Trinajstić information content (AvgIpc) is 2.29. The molecule has 2 N–H and O–H groups in total. The highest BCUT2D eigenvalue weighted by Gasteiger charge is 1.99. The van der Waals surface area contributed by atoms with Gasteiger partial charge in [0.15, 0.2) is 0 Å². The lowest BCUT2D eigenvalue weighted by Gasteiger charge is -1.93. The van der Waals surface area contributed by atoms with Gasteiger partial charge in [0.2, 0.25) is 0 Å². The first-order valence-corrected chi connectivity index (χ1v) is 5.10. The summed E-state index contributed by atoms with van der Waals surface area (Å²) in [4.78, 5) is 10.6. The van der Waals surface area contributed by atoms with E-state index in [9.17, 15) is 4.79 Å². The smallest absolute Gasteiger partial charge is 0.335 e. The van der Waals surface area contributed by atoms with Gasteiger partial charge in [-0.15, -0.1) is 0 Å². The Hall–Kier alpha value is -2.23. The van der Waals surface area contributed by atoms with Crippen molar-refractivity contribution in [2.45, 2.75) is 19.4 Å². The van der Waals surface area contributed by atoms with Crippen LogP contribution in [0.25, 0.3) is 0 Å². The third-order valence-electron chi connectivity index (χ3n) is 1.89. The second kappa shape index (κ2) is 6.37. The summed E-state index contributed by atoms with van der Waals surface area (Å²) < 4.78 is 0. The molecule has 0 heterocycles. The van der Waals surface area contributed by atoms with Crippen LogP contribution in [0.2, 0.25) is 0 Å². The molecule has 1 rings (SSSR count). The van der Waals surface area contributed by atoms with Crippen LogP contribution in [0, 0.1) is 23.7 Å². The topological polar surface area (TPSA) is 57.5 Å². The molecule has 3 nitrogen and oxygen atoms in total. The van der Waals surface area contributed by atoms with Crippen LogP contribution >= 0.6 is 0 Å². The Bertz CT molecular complexity index is 504.